The molecule has 0 atom stereocenters. The van der Waals surface area contributed by atoms with Crippen LogP contribution < -0.4 is 0 Å². The van der Waals surface area contributed by atoms with Crippen LogP contribution in [0.4, 0.5) is 0 Å². The zero-order valence-corrected chi connectivity index (χ0v) is 10.1. The van der Waals surface area contributed by atoms with Crippen molar-refractivity contribution in [2.45, 2.75) is 11.9 Å². The van der Waals surface area contributed by atoms with E-state index in [1.54, 1.807) is 0 Å². The first kappa shape index (κ1) is 10.7. The minimum absolute atomic E-state index is 0.942. The summed E-state index contributed by atoms with van der Waals surface area (Å²) in [6.07, 6.45) is 0. The van der Waals surface area contributed by atoms with Crippen LogP contribution in [0.2, 0.25) is 0 Å². The topological polar surface area (TPSA) is 0 Å². The number of hydrogen-bond donors (Lipinski definition) is 0. The molecule has 0 saturated carbocycles. The number of alkyl halides is 1. The molecule has 72 valence electrons. The second kappa shape index (κ2) is 4.25. The summed E-state index contributed by atoms with van der Waals surface area (Å²) in [6.45, 7) is 1.09. The maximum atomic E-state index is 3.44. The van der Waals surface area contributed by atoms with Crippen molar-refractivity contribution in [1.82, 2.24) is 0 Å². The van der Waals surface area contributed by atoms with Gasteiger partial charge in [-0.05, 0) is 5.56 Å². The molecule has 0 heterocycles. The van der Waals surface area contributed by atoms with Gasteiger partial charge in [0.05, 0.1) is 21.1 Å². The number of benzene rings is 1. The van der Waals surface area contributed by atoms with E-state index in [1.165, 1.54) is 11.1 Å². The number of quaternary nitrogens is 1. The monoisotopic (exact) mass is 242 g/mol. The van der Waals surface area contributed by atoms with Crippen LogP contribution in [0.5, 0.6) is 0 Å². The van der Waals surface area contributed by atoms with E-state index in [0.717, 1.165) is 16.4 Å². The predicted molar refractivity (Wildman–Crippen MR) is 60.8 cm³/mol. The number of halogens is 1. The molecule has 1 rings (SSSR count). The molecule has 0 aliphatic rings. The van der Waals surface area contributed by atoms with Gasteiger partial charge in [0.25, 0.3) is 0 Å². The van der Waals surface area contributed by atoms with Crippen LogP contribution >= 0.6 is 15.9 Å². The first-order chi connectivity index (χ1) is 6.01. The van der Waals surface area contributed by atoms with E-state index in [0.29, 0.717) is 0 Å². The van der Waals surface area contributed by atoms with Crippen LogP contribution in [-0.2, 0) is 11.9 Å². The molecule has 0 unspecified atom stereocenters. The van der Waals surface area contributed by atoms with Crippen molar-refractivity contribution in [2.24, 2.45) is 0 Å². The van der Waals surface area contributed by atoms with E-state index < -0.39 is 0 Å². The van der Waals surface area contributed by atoms with Crippen LogP contribution in [0.1, 0.15) is 11.1 Å². The zero-order valence-electron chi connectivity index (χ0n) is 8.55. The highest BCUT2D eigenvalue weighted by molar-refractivity contribution is 9.08. The minimum atomic E-state index is 0.942. The normalized spacial score (nSPS) is 11.7. The Morgan fingerprint density at radius 2 is 1.46 bits per heavy atom. The fourth-order valence-electron chi connectivity index (χ4n) is 1.28. The summed E-state index contributed by atoms with van der Waals surface area (Å²) in [6, 6.07) is 8.78. The van der Waals surface area contributed by atoms with Crippen molar-refractivity contribution in [3.8, 4) is 0 Å². The molecule has 1 nitrogen and oxygen atoms in total. The zero-order chi connectivity index (χ0) is 9.90. The molecule has 0 aromatic heterocycles. The summed E-state index contributed by atoms with van der Waals surface area (Å²) in [5, 5.41) is 0.942. The summed E-state index contributed by atoms with van der Waals surface area (Å²) < 4.78 is 0.980. The van der Waals surface area contributed by atoms with E-state index in [2.05, 4.69) is 61.3 Å². The SMILES string of the molecule is C[N+](C)(C)Cc1ccc(CBr)cc1. The quantitative estimate of drug-likeness (QED) is 0.565. The second-order valence-corrected chi connectivity index (χ2v) is 4.96. The molecule has 1 aromatic rings. The molecule has 0 bridgehead atoms. The van der Waals surface area contributed by atoms with Gasteiger partial charge in [-0.2, -0.15) is 0 Å². The van der Waals surface area contributed by atoms with E-state index in [-0.39, 0.29) is 0 Å². The summed E-state index contributed by atoms with van der Waals surface area (Å²) in [4.78, 5) is 0. The number of hydrogen-bond acceptors (Lipinski definition) is 0. The average Bonchev–Trinajstić information content (AvgIpc) is 2.03. The van der Waals surface area contributed by atoms with Crippen molar-refractivity contribution < 1.29 is 4.48 Å². The van der Waals surface area contributed by atoms with Crippen LogP contribution in [-0.4, -0.2) is 25.6 Å². The molecular formula is C11H17BrN+. The highest BCUT2D eigenvalue weighted by Gasteiger charge is 2.07. The van der Waals surface area contributed by atoms with Crippen molar-refractivity contribution in [1.29, 1.82) is 0 Å². The standard InChI is InChI=1S/C11H17BrN/c1-13(2,3)9-11-6-4-10(8-12)5-7-11/h4-7H,8-9H2,1-3H3/q+1. The second-order valence-electron chi connectivity index (χ2n) is 4.40. The Morgan fingerprint density at radius 3 is 1.85 bits per heavy atom. The lowest BCUT2D eigenvalue weighted by Gasteiger charge is -2.23. The van der Waals surface area contributed by atoms with Crippen molar-refractivity contribution in [3.05, 3.63) is 35.4 Å². The van der Waals surface area contributed by atoms with E-state index >= 15 is 0 Å². The molecule has 0 spiro atoms. The Labute approximate surface area is 89.1 Å². The number of rotatable bonds is 3. The molecule has 0 N–H and O–H groups in total. The highest BCUT2D eigenvalue weighted by Crippen LogP contribution is 2.10. The van der Waals surface area contributed by atoms with Gasteiger partial charge >= 0.3 is 0 Å². The molecule has 13 heavy (non-hydrogen) atoms. The lowest BCUT2D eigenvalue weighted by Crippen LogP contribution is -2.33. The Morgan fingerprint density at radius 1 is 1.00 bits per heavy atom. The fourth-order valence-corrected chi connectivity index (χ4v) is 1.66. The Balaban J connectivity index is 2.70. The third-order valence-corrected chi connectivity index (χ3v) is 2.48. The summed E-state index contributed by atoms with van der Waals surface area (Å²) >= 11 is 3.44. The first-order valence-corrected chi connectivity index (χ1v) is 5.58. The van der Waals surface area contributed by atoms with E-state index in [4.69, 9.17) is 0 Å². The van der Waals surface area contributed by atoms with Crippen molar-refractivity contribution in [3.63, 3.8) is 0 Å². The maximum absolute atomic E-state index is 3.44. The highest BCUT2D eigenvalue weighted by atomic mass is 79.9. The molecule has 0 fully saturated rings. The lowest BCUT2D eigenvalue weighted by atomic mass is 10.1. The van der Waals surface area contributed by atoms with Gasteiger partial charge in [0, 0.05) is 10.9 Å². The third kappa shape index (κ3) is 3.92. The van der Waals surface area contributed by atoms with Crippen LogP contribution in [0.25, 0.3) is 0 Å². The van der Waals surface area contributed by atoms with Gasteiger partial charge in [-0.1, -0.05) is 40.2 Å². The Bertz CT molecular complexity index is 258. The van der Waals surface area contributed by atoms with Gasteiger partial charge in [0.2, 0.25) is 0 Å². The van der Waals surface area contributed by atoms with Gasteiger partial charge in [-0.3, -0.25) is 0 Å². The van der Waals surface area contributed by atoms with Gasteiger partial charge in [-0.25, -0.2) is 0 Å². The molecule has 0 aliphatic heterocycles. The molecule has 0 aliphatic carbocycles. The van der Waals surface area contributed by atoms with Gasteiger partial charge in [-0.15, -0.1) is 0 Å². The molecule has 0 radical (unpaired) electrons. The van der Waals surface area contributed by atoms with Crippen LogP contribution in [0.3, 0.4) is 0 Å². The Kier molecular flexibility index (Phi) is 3.51. The Hall–Kier alpha value is -0.340. The van der Waals surface area contributed by atoms with Gasteiger partial charge < -0.3 is 4.48 Å². The average molecular weight is 243 g/mol. The lowest BCUT2D eigenvalue weighted by molar-refractivity contribution is -0.884. The van der Waals surface area contributed by atoms with Gasteiger partial charge in [0.1, 0.15) is 6.54 Å². The van der Waals surface area contributed by atoms with Crippen molar-refractivity contribution >= 4 is 15.9 Å². The molecule has 2 heteroatoms. The largest absolute Gasteiger partial charge is 0.327 e. The minimum Gasteiger partial charge on any atom is -0.327 e. The molecule has 0 amide bonds. The summed E-state index contributed by atoms with van der Waals surface area (Å²) in [7, 11) is 6.62. The molecule has 0 saturated heterocycles. The van der Waals surface area contributed by atoms with Crippen LogP contribution in [0.15, 0.2) is 24.3 Å². The van der Waals surface area contributed by atoms with E-state index in [1.807, 2.05) is 0 Å². The van der Waals surface area contributed by atoms with Crippen molar-refractivity contribution in [2.75, 3.05) is 21.1 Å². The first-order valence-electron chi connectivity index (χ1n) is 4.45. The molecule has 1 aromatic carbocycles. The smallest absolute Gasteiger partial charge is 0.104 e. The maximum Gasteiger partial charge on any atom is 0.104 e. The summed E-state index contributed by atoms with van der Waals surface area (Å²) in [5.41, 5.74) is 2.74. The summed E-state index contributed by atoms with van der Waals surface area (Å²) in [5.74, 6) is 0. The molecular weight excluding hydrogens is 226 g/mol. The van der Waals surface area contributed by atoms with Gasteiger partial charge in [0.15, 0.2) is 0 Å². The predicted octanol–water partition coefficient (Wildman–Crippen LogP) is 2.79. The fraction of sp³-hybridized carbons (Fsp3) is 0.455. The van der Waals surface area contributed by atoms with E-state index in [9.17, 15) is 0 Å². The van der Waals surface area contributed by atoms with Crippen LogP contribution in [0, 0.1) is 0 Å². The third-order valence-electron chi connectivity index (χ3n) is 1.83. The number of nitrogens with zero attached hydrogens (tertiary/aromatic N) is 1.